The van der Waals surface area contributed by atoms with Crippen LogP contribution in [0.5, 0.6) is 0 Å². The summed E-state index contributed by atoms with van der Waals surface area (Å²) in [6.07, 6.45) is 6.73. The normalized spacial score (nSPS) is 39.7. The van der Waals surface area contributed by atoms with Gasteiger partial charge in [0.2, 0.25) is 0 Å². The quantitative estimate of drug-likeness (QED) is 0.588. The highest BCUT2D eigenvalue weighted by atomic mass is 16.5. The number of fused-ring (bicyclic) bond motifs is 5. The molecule has 0 heterocycles. The molecule has 2 N–H and O–H groups in total. The Balaban J connectivity index is 1.72. The molecule has 6 atom stereocenters. The van der Waals surface area contributed by atoms with Gasteiger partial charge in [0.15, 0.2) is 11.6 Å². The van der Waals surface area contributed by atoms with E-state index in [1.807, 2.05) is 13.8 Å². The van der Waals surface area contributed by atoms with Gasteiger partial charge in [-0.3, -0.25) is 19.2 Å². The van der Waals surface area contributed by atoms with Crippen molar-refractivity contribution in [1.29, 1.82) is 0 Å². The van der Waals surface area contributed by atoms with E-state index < -0.39 is 40.7 Å². The highest BCUT2D eigenvalue weighted by Gasteiger charge is 2.69. The molecule has 0 saturated heterocycles. The average molecular weight is 459 g/mol. The Morgan fingerprint density at radius 1 is 1.18 bits per heavy atom. The summed E-state index contributed by atoms with van der Waals surface area (Å²) in [5, 5.41) is 20.8. The second kappa shape index (κ2) is 8.27. The molecule has 0 unspecified atom stereocenters. The van der Waals surface area contributed by atoms with Crippen LogP contribution in [0.15, 0.2) is 23.5 Å². The lowest BCUT2D eigenvalue weighted by Crippen LogP contribution is -2.61. The van der Waals surface area contributed by atoms with Crippen molar-refractivity contribution < 1.29 is 34.1 Å². The fourth-order valence-electron chi connectivity index (χ4n) is 7.33. The number of carbonyl (C=O) groups excluding carboxylic acids is 4. The molecule has 0 radical (unpaired) electrons. The van der Waals surface area contributed by atoms with E-state index in [2.05, 4.69) is 0 Å². The summed E-state index contributed by atoms with van der Waals surface area (Å²) < 4.78 is 5.74. The molecule has 4 aliphatic rings. The number of aliphatic hydroxyl groups excluding tert-OH is 1. The number of ether oxygens (including phenoxy) is 1. The van der Waals surface area contributed by atoms with Gasteiger partial charge >= 0.3 is 5.97 Å². The van der Waals surface area contributed by atoms with E-state index in [0.29, 0.717) is 25.7 Å². The Morgan fingerprint density at radius 2 is 1.91 bits per heavy atom. The van der Waals surface area contributed by atoms with Crippen LogP contribution in [0.3, 0.4) is 0 Å². The number of rotatable bonds is 6. The van der Waals surface area contributed by atoms with E-state index in [4.69, 9.17) is 4.74 Å². The third kappa shape index (κ3) is 3.38. The van der Waals surface area contributed by atoms with Gasteiger partial charge in [-0.15, -0.1) is 0 Å². The fraction of sp³-hybridized carbons (Fsp3) is 0.692. The summed E-state index contributed by atoms with van der Waals surface area (Å²) in [5.41, 5.74) is -2.77. The summed E-state index contributed by atoms with van der Waals surface area (Å²) in [6, 6.07) is 0. The molecule has 33 heavy (non-hydrogen) atoms. The third-order valence-corrected chi connectivity index (χ3v) is 9.11. The molecule has 3 fully saturated rings. The van der Waals surface area contributed by atoms with Gasteiger partial charge in [-0.05, 0) is 56.9 Å². The van der Waals surface area contributed by atoms with Crippen LogP contribution in [0, 0.1) is 28.6 Å². The average Bonchev–Trinajstić information content (AvgIpc) is 3.03. The number of carbonyl (C=O) groups is 4. The molecule has 7 heteroatoms. The van der Waals surface area contributed by atoms with Crippen LogP contribution in [-0.4, -0.2) is 45.7 Å². The number of Topliss-reactive ketones (excluding diaryl/α,β-unsaturated/α-hetero) is 2. The van der Waals surface area contributed by atoms with Crippen molar-refractivity contribution in [3.8, 4) is 0 Å². The van der Waals surface area contributed by atoms with Crippen LogP contribution < -0.4 is 0 Å². The molecule has 7 nitrogen and oxygen atoms in total. The number of allylic oxidation sites excluding steroid dienone is 3. The predicted octanol–water partition coefficient (Wildman–Crippen LogP) is 2.83. The molecule has 4 rings (SSSR count). The van der Waals surface area contributed by atoms with E-state index >= 15 is 0 Å². The first-order chi connectivity index (χ1) is 15.5. The van der Waals surface area contributed by atoms with Crippen molar-refractivity contribution in [3.63, 3.8) is 0 Å². The Kier molecular flexibility index (Phi) is 6.02. The zero-order valence-electron chi connectivity index (χ0n) is 19.7. The number of hydrogen-bond acceptors (Lipinski definition) is 7. The molecule has 0 bridgehead atoms. The van der Waals surface area contributed by atoms with E-state index in [1.54, 1.807) is 13.0 Å². The Labute approximate surface area is 194 Å². The van der Waals surface area contributed by atoms with Crippen molar-refractivity contribution in [3.05, 3.63) is 23.5 Å². The molecular formula is C26H34O7. The third-order valence-electron chi connectivity index (χ3n) is 9.11. The van der Waals surface area contributed by atoms with Gasteiger partial charge in [0, 0.05) is 30.3 Å². The standard InChI is InChI=1S/C26H34O7/c1-4-5-6-22(31)33-21-12-16(28)11-15-7-8-17-18-9-10-26(32,20(30)14-27)24(18,2)13-19(29)23(17)25(15,21)3/h11-12,17-18,23,27,32H,4-10,13-14H2,1-3H3/t17-,18-,23+,24-,25+,26-/m0/s1. The predicted molar refractivity (Wildman–Crippen MR) is 119 cm³/mol. The summed E-state index contributed by atoms with van der Waals surface area (Å²) in [5.74, 6) is -1.83. The van der Waals surface area contributed by atoms with Crippen molar-refractivity contribution in [2.75, 3.05) is 6.61 Å². The Hall–Kier alpha value is -2.12. The minimum atomic E-state index is -1.72. The first kappa shape index (κ1) is 24.0. The lowest BCUT2D eigenvalue weighted by Gasteiger charge is -2.57. The molecule has 0 aromatic carbocycles. The second-order valence-corrected chi connectivity index (χ2v) is 10.7. The van der Waals surface area contributed by atoms with Gasteiger partial charge in [0.05, 0.1) is 5.41 Å². The highest BCUT2D eigenvalue weighted by Crippen LogP contribution is 2.67. The SMILES string of the molecule is CCCCC(=O)OC1=CC(=O)C=C2CC[C@@H]3[C@H](C(=O)C[C@@]4(C)[C@H]3CC[C@]4(O)C(=O)CO)[C@]21C. The molecule has 0 amide bonds. The first-order valence-corrected chi connectivity index (χ1v) is 12.1. The maximum atomic E-state index is 13.8. The van der Waals surface area contributed by atoms with E-state index in [1.165, 1.54) is 6.08 Å². The van der Waals surface area contributed by atoms with Crippen molar-refractivity contribution in [2.24, 2.45) is 28.6 Å². The number of unbranched alkanes of at least 4 members (excludes halogenated alkanes) is 1. The highest BCUT2D eigenvalue weighted by molar-refractivity contribution is 6.03. The topological polar surface area (TPSA) is 118 Å². The number of esters is 1. The van der Waals surface area contributed by atoms with Crippen LogP contribution in [0.4, 0.5) is 0 Å². The minimum Gasteiger partial charge on any atom is -0.430 e. The molecule has 180 valence electrons. The second-order valence-electron chi connectivity index (χ2n) is 10.7. The van der Waals surface area contributed by atoms with E-state index in [9.17, 15) is 29.4 Å². The number of ketones is 3. The Bertz CT molecular complexity index is 962. The Morgan fingerprint density at radius 3 is 2.58 bits per heavy atom. The largest absolute Gasteiger partial charge is 0.430 e. The number of aliphatic hydroxyl groups is 2. The smallest absolute Gasteiger partial charge is 0.310 e. The zero-order valence-corrected chi connectivity index (χ0v) is 19.7. The van der Waals surface area contributed by atoms with Gasteiger partial charge in [-0.25, -0.2) is 0 Å². The minimum absolute atomic E-state index is 0.00888. The van der Waals surface area contributed by atoms with Crippen LogP contribution in [0.2, 0.25) is 0 Å². The maximum Gasteiger partial charge on any atom is 0.310 e. The molecule has 0 aliphatic heterocycles. The molecule has 0 spiro atoms. The van der Waals surface area contributed by atoms with E-state index in [0.717, 1.165) is 12.0 Å². The molecule has 0 aromatic heterocycles. The molecule has 4 aliphatic carbocycles. The van der Waals surface area contributed by atoms with Crippen LogP contribution in [0.1, 0.15) is 72.1 Å². The summed E-state index contributed by atoms with van der Waals surface area (Å²) in [7, 11) is 0. The molecule has 0 aromatic rings. The summed E-state index contributed by atoms with van der Waals surface area (Å²) >= 11 is 0. The lowest BCUT2D eigenvalue weighted by atomic mass is 9.46. The molecule has 3 saturated carbocycles. The van der Waals surface area contributed by atoms with Gasteiger partial charge in [-0.1, -0.05) is 25.8 Å². The van der Waals surface area contributed by atoms with Gasteiger partial charge in [-0.2, -0.15) is 0 Å². The first-order valence-electron chi connectivity index (χ1n) is 12.1. The zero-order chi connectivity index (χ0) is 24.2. The van der Waals surface area contributed by atoms with Crippen molar-refractivity contribution >= 4 is 23.3 Å². The maximum absolute atomic E-state index is 13.8. The van der Waals surface area contributed by atoms with Crippen molar-refractivity contribution in [1.82, 2.24) is 0 Å². The van der Waals surface area contributed by atoms with Crippen LogP contribution >= 0.6 is 0 Å². The number of hydrogen-bond donors (Lipinski definition) is 2. The van der Waals surface area contributed by atoms with Crippen molar-refractivity contribution in [2.45, 2.75) is 77.7 Å². The summed E-state index contributed by atoms with van der Waals surface area (Å²) in [4.78, 5) is 51.2. The summed E-state index contributed by atoms with van der Waals surface area (Å²) in [6.45, 7) is 4.91. The lowest BCUT2D eigenvalue weighted by molar-refractivity contribution is -0.171. The van der Waals surface area contributed by atoms with Gasteiger partial charge in [0.25, 0.3) is 0 Å². The molecular weight excluding hydrogens is 424 g/mol. The van der Waals surface area contributed by atoms with Crippen LogP contribution in [0.25, 0.3) is 0 Å². The van der Waals surface area contributed by atoms with Gasteiger partial charge in [0.1, 0.15) is 23.8 Å². The van der Waals surface area contributed by atoms with Gasteiger partial charge < -0.3 is 14.9 Å². The fourth-order valence-corrected chi connectivity index (χ4v) is 7.33. The van der Waals surface area contributed by atoms with E-state index in [-0.39, 0.29) is 48.4 Å². The monoisotopic (exact) mass is 458 g/mol. The van der Waals surface area contributed by atoms with Crippen LogP contribution in [-0.2, 0) is 23.9 Å².